The van der Waals surface area contributed by atoms with Gasteiger partial charge in [0.2, 0.25) is 0 Å². The average molecular weight is 568 g/mol. The molecular weight excluding hydrogens is 522 g/mol. The van der Waals surface area contributed by atoms with Crippen molar-refractivity contribution in [3.05, 3.63) is 23.8 Å². The zero-order valence-electron chi connectivity index (χ0n) is 24.9. The minimum atomic E-state index is -1.08. The number of nitrogens with two attached hydrogens (primary N) is 1. The van der Waals surface area contributed by atoms with Crippen molar-refractivity contribution in [2.24, 2.45) is 11.7 Å². The molecule has 0 saturated heterocycles. The first-order valence-electron chi connectivity index (χ1n) is 13.8. The van der Waals surface area contributed by atoms with Gasteiger partial charge in [0.25, 0.3) is 0 Å². The normalized spacial score (nSPS) is 14.8. The van der Waals surface area contributed by atoms with E-state index in [1.807, 2.05) is 13.8 Å². The summed E-state index contributed by atoms with van der Waals surface area (Å²) in [4.78, 5) is 49.1. The standard InChI is InChI=1S/C29H45NO10/c1-9-11-18(5)35-28(33)39-24-14-13-22(16-25(24)40-29(34)36-19(6)12-10-2)15-23(30)27(32)38-21(8)20(7)37-26(31)17(3)4/h13-14,16-21,23H,9-12,15,30H2,1-8H3/t18?,19?,20-,21-,23-/m0/s1. The molecule has 1 aromatic rings. The van der Waals surface area contributed by atoms with Gasteiger partial charge in [-0.15, -0.1) is 0 Å². The highest BCUT2D eigenvalue weighted by molar-refractivity contribution is 5.76. The summed E-state index contributed by atoms with van der Waals surface area (Å²) in [5, 5.41) is 0. The van der Waals surface area contributed by atoms with Gasteiger partial charge in [-0.3, -0.25) is 9.59 Å². The number of rotatable bonds is 15. The van der Waals surface area contributed by atoms with Crippen LogP contribution in [0.4, 0.5) is 9.59 Å². The zero-order valence-corrected chi connectivity index (χ0v) is 24.9. The second kappa shape index (κ2) is 17.4. The van der Waals surface area contributed by atoms with Gasteiger partial charge in [-0.05, 0) is 64.7 Å². The van der Waals surface area contributed by atoms with Crippen LogP contribution in [-0.4, -0.2) is 54.7 Å². The Bertz CT molecular complexity index is 980. The summed E-state index contributed by atoms with van der Waals surface area (Å²) in [5.41, 5.74) is 6.58. The van der Waals surface area contributed by atoms with Crippen LogP contribution in [-0.2, 0) is 35.0 Å². The number of hydrogen-bond donors (Lipinski definition) is 1. The summed E-state index contributed by atoms with van der Waals surface area (Å²) >= 11 is 0. The highest BCUT2D eigenvalue weighted by Gasteiger charge is 2.26. The summed E-state index contributed by atoms with van der Waals surface area (Å²) < 4.78 is 31.8. The van der Waals surface area contributed by atoms with E-state index < -0.39 is 42.5 Å². The Balaban J connectivity index is 3.00. The van der Waals surface area contributed by atoms with Crippen LogP contribution in [0.3, 0.4) is 0 Å². The van der Waals surface area contributed by atoms with Crippen LogP contribution in [0.5, 0.6) is 11.5 Å². The Morgan fingerprint density at radius 1 is 0.700 bits per heavy atom. The fraction of sp³-hybridized carbons (Fsp3) is 0.655. The van der Waals surface area contributed by atoms with E-state index >= 15 is 0 Å². The molecule has 0 fully saturated rings. The molecule has 2 unspecified atom stereocenters. The third-order valence-electron chi connectivity index (χ3n) is 5.87. The predicted octanol–water partition coefficient (Wildman–Crippen LogP) is 5.48. The highest BCUT2D eigenvalue weighted by atomic mass is 16.7. The topological polar surface area (TPSA) is 150 Å². The van der Waals surface area contributed by atoms with Gasteiger partial charge in [0, 0.05) is 0 Å². The summed E-state index contributed by atoms with van der Waals surface area (Å²) in [6.07, 6.45) is -1.10. The van der Waals surface area contributed by atoms with E-state index in [2.05, 4.69) is 0 Å². The van der Waals surface area contributed by atoms with Crippen LogP contribution in [0.25, 0.3) is 0 Å². The van der Waals surface area contributed by atoms with Crippen LogP contribution in [0.1, 0.15) is 86.6 Å². The Hall–Kier alpha value is -3.34. The van der Waals surface area contributed by atoms with E-state index in [4.69, 9.17) is 34.2 Å². The number of benzene rings is 1. The Labute approximate surface area is 236 Å². The number of ether oxygens (including phenoxy) is 6. The SMILES string of the molecule is CCCC(C)OC(=O)Oc1ccc(C[C@H](N)C(=O)O[C@@H](C)[C@H](C)OC(=O)C(C)C)cc1OC(=O)OC(C)CCC. The quantitative estimate of drug-likeness (QED) is 0.163. The first-order chi connectivity index (χ1) is 18.8. The lowest BCUT2D eigenvalue weighted by atomic mass is 10.1. The molecule has 0 aliphatic rings. The predicted molar refractivity (Wildman–Crippen MR) is 147 cm³/mol. The van der Waals surface area contributed by atoms with Gasteiger partial charge in [0.1, 0.15) is 30.5 Å². The molecule has 5 atom stereocenters. The molecule has 2 N–H and O–H groups in total. The molecule has 0 radical (unpaired) electrons. The van der Waals surface area contributed by atoms with E-state index in [-0.39, 0.29) is 36.0 Å². The first-order valence-corrected chi connectivity index (χ1v) is 13.8. The molecule has 1 aromatic carbocycles. The summed E-state index contributed by atoms with van der Waals surface area (Å²) in [5.74, 6) is -1.59. The molecule has 40 heavy (non-hydrogen) atoms. The lowest BCUT2D eigenvalue weighted by molar-refractivity contribution is -0.168. The minimum Gasteiger partial charge on any atom is -0.459 e. The second-order valence-corrected chi connectivity index (χ2v) is 10.2. The Morgan fingerprint density at radius 3 is 1.65 bits per heavy atom. The number of carbonyl (C=O) groups excluding carboxylic acids is 4. The number of carbonyl (C=O) groups is 4. The average Bonchev–Trinajstić information content (AvgIpc) is 2.85. The van der Waals surface area contributed by atoms with Gasteiger partial charge in [-0.1, -0.05) is 46.6 Å². The second-order valence-electron chi connectivity index (χ2n) is 10.2. The van der Waals surface area contributed by atoms with E-state index in [0.29, 0.717) is 18.4 Å². The molecule has 0 bridgehead atoms. The molecule has 0 heterocycles. The zero-order chi connectivity index (χ0) is 30.4. The van der Waals surface area contributed by atoms with Crippen molar-refractivity contribution in [1.82, 2.24) is 0 Å². The van der Waals surface area contributed by atoms with Crippen LogP contribution >= 0.6 is 0 Å². The summed E-state index contributed by atoms with van der Waals surface area (Å²) in [6.45, 7) is 14.0. The van der Waals surface area contributed by atoms with Gasteiger partial charge in [-0.25, -0.2) is 9.59 Å². The molecule has 0 amide bonds. The largest absolute Gasteiger partial charge is 0.514 e. The van der Waals surface area contributed by atoms with Crippen molar-refractivity contribution < 1.29 is 47.6 Å². The van der Waals surface area contributed by atoms with Crippen LogP contribution < -0.4 is 15.2 Å². The van der Waals surface area contributed by atoms with E-state index in [9.17, 15) is 19.2 Å². The summed E-state index contributed by atoms with van der Waals surface area (Å²) in [7, 11) is 0. The van der Waals surface area contributed by atoms with Crippen molar-refractivity contribution in [3.8, 4) is 11.5 Å². The van der Waals surface area contributed by atoms with Gasteiger partial charge in [0.05, 0.1) is 5.92 Å². The van der Waals surface area contributed by atoms with Crippen molar-refractivity contribution in [3.63, 3.8) is 0 Å². The summed E-state index contributed by atoms with van der Waals surface area (Å²) in [6, 6.07) is 3.33. The van der Waals surface area contributed by atoms with Gasteiger partial charge >= 0.3 is 24.2 Å². The van der Waals surface area contributed by atoms with E-state index in [1.165, 1.54) is 12.1 Å². The molecule has 0 saturated carbocycles. The van der Waals surface area contributed by atoms with Crippen LogP contribution in [0, 0.1) is 5.92 Å². The van der Waals surface area contributed by atoms with Crippen LogP contribution in [0.2, 0.25) is 0 Å². The maximum absolute atomic E-state index is 12.6. The molecule has 1 rings (SSSR count). The Kier molecular flexibility index (Phi) is 15.1. The third-order valence-corrected chi connectivity index (χ3v) is 5.87. The lowest BCUT2D eigenvalue weighted by Gasteiger charge is -2.23. The van der Waals surface area contributed by atoms with Crippen molar-refractivity contribution in [2.75, 3.05) is 0 Å². The fourth-order valence-electron chi connectivity index (χ4n) is 3.45. The smallest absolute Gasteiger partial charge is 0.459 e. The van der Waals surface area contributed by atoms with Crippen molar-refractivity contribution >= 4 is 24.2 Å². The van der Waals surface area contributed by atoms with Gasteiger partial charge in [0.15, 0.2) is 11.5 Å². The third kappa shape index (κ3) is 12.7. The minimum absolute atomic E-state index is 0.0155. The van der Waals surface area contributed by atoms with E-state index in [0.717, 1.165) is 12.8 Å². The van der Waals surface area contributed by atoms with Gasteiger partial charge < -0.3 is 34.2 Å². The van der Waals surface area contributed by atoms with Crippen molar-refractivity contribution in [1.29, 1.82) is 0 Å². The molecule has 11 heteroatoms. The molecule has 0 aromatic heterocycles. The van der Waals surface area contributed by atoms with Gasteiger partial charge in [-0.2, -0.15) is 0 Å². The monoisotopic (exact) mass is 567 g/mol. The maximum atomic E-state index is 12.6. The molecule has 226 valence electrons. The molecule has 0 aliphatic carbocycles. The molecule has 0 aliphatic heterocycles. The fourth-order valence-corrected chi connectivity index (χ4v) is 3.45. The Morgan fingerprint density at radius 2 is 1.18 bits per heavy atom. The molecule has 11 nitrogen and oxygen atoms in total. The number of esters is 2. The lowest BCUT2D eigenvalue weighted by Crippen LogP contribution is -2.39. The first kappa shape index (κ1) is 34.7. The highest BCUT2D eigenvalue weighted by Crippen LogP contribution is 2.30. The van der Waals surface area contributed by atoms with Crippen molar-refractivity contribution in [2.45, 2.75) is 118 Å². The molecular formula is C29H45NO10. The van der Waals surface area contributed by atoms with E-state index in [1.54, 1.807) is 47.6 Å². The molecule has 0 spiro atoms. The van der Waals surface area contributed by atoms with Crippen LogP contribution in [0.15, 0.2) is 18.2 Å². The maximum Gasteiger partial charge on any atom is 0.514 e. The number of hydrogen-bond acceptors (Lipinski definition) is 11.